The minimum Gasteiger partial charge on any atom is -0.497 e. The number of carbonyl (C=O) groups is 2. The monoisotopic (exact) mass is 358 g/mol. The number of likely N-dealkylation sites (tertiary alicyclic amines) is 1. The first-order valence-electron chi connectivity index (χ1n) is 8.44. The third-order valence-electron chi connectivity index (χ3n) is 4.44. The number of anilines is 1. The number of hydrogen-bond acceptors (Lipinski definition) is 4. The van der Waals surface area contributed by atoms with E-state index in [0.717, 1.165) is 5.69 Å². The molecule has 0 bridgehead atoms. The number of carboxylic acids is 1. The summed E-state index contributed by atoms with van der Waals surface area (Å²) >= 11 is 0. The van der Waals surface area contributed by atoms with Gasteiger partial charge in [0.1, 0.15) is 5.75 Å². The van der Waals surface area contributed by atoms with Crippen LogP contribution < -0.4 is 10.1 Å². The van der Waals surface area contributed by atoms with Gasteiger partial charge in [-0.05, 0) is 24.5 Å². The van der Waals surface area contributed by atoms with Crippen molar-refractivity contribution < 1.29 is 19.4 Å². The van der Waals surface area contributed by atoms with Gasteiger partial charge in [0.25, 0.3) is 0 Å². The van der Waals surface area contributed by atoms with Gasteiger partial charge in [0, 0.05) is 43.3 Å². The Hall–Kier alpha value is -3.03. The topological polar surface area (TPSA) is 96.7 Å². The second-order valence-electron chi connectivity index (χ2n) is 6.58. The largest absolute Gasteiger partial charge is 0.497 e. The van der Waals surface area contributed by atoms with Gasteiger partial charge in [0.15, 0.2) is 0 Å². The quantitative estimate of drug-likeness (QED) is 0.875. The first kappa shape index (κ1) is 17.8. The van der Waals surface area contributed by atoms with Crippen LogP contribution in [-0.4, -0.2) is 52.0 Å². The van der Waals surface area contributed by atoms with Gasteiger partial charge < -0.3 is 20.1 Å². The standard InChI is InChI=1S/C18H22N4O4/c1-12-6-13(17(23)24)11-21(10-12)18(25)20-14-7-15(9-16(8-14)26-2)22-5-3-4-19-22/h3-5,7-9,12-13H,6,10-11H2,1-2H3,(H,20,25)(H,23,24). The summed E-state index contributed by atoms with van der Waals surface area (Å²) in [5.74, 6) is -0.671. The van der Waals surface area contributed by atoms with E-state index in [0.29, 0.717) is 24.4 Å². The summed E-state index contributed by atoms with van der Waals surface area (Å²) in [7, 11) is 1.55. The fraction of sp³-hybridized carbons (Fsp3) is 0.389. The minimum atomic E-state index is -0.864. The molecule has 8 nitrogen and oxygen atoms in total. The molecule has 1 aromatic carbocycles. The third kappa shape index (κ3) is 3.96. The molecular formula is C18H22N4O4. The lowest BCUT2D eigenvalue weighted by molar-refractivity contribution is -0.143. The molecule has 1 saturated heterocycles. The summed E-state index contributed by atoms with van der Waals surface area (Å²) < 4.78 is 6.97. The number of methoxy groups -OCH3 is 1. The Morgan fingerprint density at radius 2 is 2.12 bits per heavy atom. The van der Waals surface area contributed by atoms with E-state index < -0.39 is 11.9 Å². The molecule has 1 aliphatic rings. The molecule has 2 aromatic rings. The van der Waals surface area contributed by atoms with Crippen LogP contribution in [0.2, 0.25) is 0 Å². The van der Waals surface area contributed by atoms with Gasteiger partial charge in [-0.25, -0.2) is 9.48 Å². The molecule has 8 heteroatoms. The summed E-state index contributed by atoms with van der Waals surface area (Å²) in [5, 5.41) is 16.3. The van der Waals surface area contributed by atoms with Crippen LogP contribution in [0.3, 0.4) is 0 Å². The number of aromatic nitrogens is 2. The Kier molecular flexibility index (Phi) is 5.11. The van der Waals surface area contributed by atoms with Gasteiger partial charge in [-0.2, -0.15) is 5.10 Å². The van der Waals surface area contributed by atoms with E-state index in [1.54, 1.807) is 47.3 Å². The van der Waals surface area contributed by atoms with Crippen LogP contribution in [0.25, 0.3) is 5.69 Å². The van der Waals surface area contributed by atoms with Crippen LogP contribution in [0, 0.1) is 11.8 Å². The van der Waals surface area contributed by atoms with Crippen LogP contribution in [-0.2, 0) is 4.79 Å². The van der Waals surface area contributed by atoms with Crippen molar-refractivity contribution in [1.29, 1.82) is 0 Å². The lowest BCUT2D eigenvalue weighted by Gasteiger charge is -2.34. The SMILES string of the molecule is COc1cc(NC(=O)N2CC(C)CC(C(=O)O)C2)cc(-n2cccn2)c1. The molecule has 2 amide bonds. The van der Waals surface area contributed by atoms with E-state index in [4.69, 9.17) is 4.74 Å². The maximum absolute atomic E-state index is 12.6. The second-order valence-corrected chi connectivity index (χ2v) is 6.58. The Morgan fingerprint density at radius 3 is 2.77 bits per heavy atom. The number of carboxylic acid groups (broad SMARTS) is 1. The molecule has 26 heavy (non-hydrogen) atoms. The van der Waals surface area contributed by atoms with E-state index in [1.807, 2.05) is 13.0 Å². The fourth-order valence-electron chi connectivity index (χ4n) is 3.23. The average Bonchev–Trinajstić information content (AvgIpc) is 3.15. The molecule has 1 aliphatic heterocycles. The summed E-state index contributed by atoms with van der Waals surface area (Å²) in [5.41, 5.74) is 1.31. The molecule has 2 N–H and O–H groups in total. The molecule has 0 aliphatic carbocycles. The number of nitrogens with one attached hydrogen (secondary N) is 1. The van der Waals surface area contributed by atoms with Crippen molar-refractivity contribution >= 4 is 17.7 Å². The molecule has 0 radical (unpaired) electrons. The van der Waals surface area contributed by atoms with Gasteiger partial charge in [-0.1, -0.05) is 6.92 Å². The summed E-state index contributed by atoms with van der Waals surface area (Å²) in [6.45, 7) is 2.70. The van der Waals surface area contributed by atoms with E-state index in [1.165, 1.54) is 0 Å². The number of benzene rings is 1. The molecule has 3 rings (SSSR count). The van der Waals surface area contributed by atoms with Gasteiger partial charge >= 0.3 is 12.0 Å². The molecule has 2 unspecified atom stereocenters. The van der Waals surface area contributed by atoms with Gasteiger partial charge in [0.2, 0.25) is 0 Å². The van der Waals surface area contributed by atoms with E-state index in [2.05, 4.69) is 10.4 Å². The maximum Gasteiger partial charge on any atom is 0.321 e. The molecule has 138 valence electrons. The second kappa shape index (κ2) is 7.47. The van der Waals surface area contributed by atoms with Crippen LogP contribution in [0.5, 0.6) is 5.75 Å². The molecule has 0 saturated carbocycles. The van der Waals surface area contributed by atoms with Crippen molar-refractivity contribution in [3.05, 3.63) is 36.7 Å². The number of amides is 2. The first-order valence-corrected chi connectivity index (χ1v) is 8.44. The molecule has 2 atom stereocenters. The van der Waals surface area contributed by atoms with Crippen molar-refractivity contribution in [1.82, 2.24) is 14.7 Å². The lowest BCUT2D eigenvalue weighted by Crippen LogP contribution is -2.47. The minimum absolute atomic E-state index is 0.139. The Bertz CT molecular complexity index is 790. The number of rotatable bonds is 4. The highest BCUT2D eigenvalue weighted by atomic mass is 16.5. The fourth-order valence-corrected chi connectivity index (χ4v) is 3.23. The lowest BCUT2D eigenvalue weighted by atomic mass is 9.91. The predicted molar refractivity (Wildman–Crippen MR) is 95.6 cm³/mol. The Labute approximate surface area is 151 Å². The van der Waals surface area contributed by atoms with Gasteiger partial charge in [-0.3, -0.25) is 4.79 Å². The number of nitrogens with zero attached hydrogens (tertiary/aromatic N) is 3. The molecule has 2 heterocycles. The number of hydrogen-bond donors (Lipinski definition) is 2. The van der Waals surface area contributed by atoms with Crippen LogP contribution in [0.4, 0.5) is 10.5 Å². The smallest absolute Gasteiger partial charge is 0.321 e. The van der Waals surface area contributed by atoms with E-state index in [-0.39, 0.29) is 18.5 Å². The Balaban J connectivity index is 1.78. The van der Waals surface area contributed by atoms with Crippen molar-refractivity contribution in [2.75, 3.05) is 25.5 Å². The average molecular weight is 358 g/mol. The van der Waals surface area contributed by atoms with E-state index in [9.17, 15) is 14.7 Å². The van der Waals surface area contributed by atoms with Gasteiger partial charge in [-0.15, -0.1) is 0 Å². The van der Waals surface area contributed by atoms with Crippen molar-refractivity contribution in [3.8, 4) is 11.4 Å². The summed E-state index contributed by atoms with van der Waals surface area (Å²) in [6.07, 6.45) is 4.05. The zero-order valence-corrected chi connectivity index (χ0v) is 14.8. The van der Waals surface area contributed by atoms with Crippen molar-refractivity contribution in [2.45, 2.75) is 13.3 Å². The van der Waals surface area contributed by atoms with E-state index >= 15 is 0 Å². The number of carbonyl (C=O) groups excluding carboxylic acids is 1. The Morgan fingerprint density at radius 1 is 1.31 bits per heavy atom. The highest BCUT2D eigenvalue weighted by Crippen LogP contribution is 2.25. The third-order valence-corrected chi connectivity index (χ3v) is 4.44. The number of urea groups is 1. The maximum atomic E-state index is 12.6. The summed E-state index contributed by atoms with van der Waals surface area (Å²) in [6, 6.07) is 6.80. The van der Waals surface area contributed by atoms with Gasteiger partial charge in [0.05, 0.1) is 18.7 Å². The molecule has 0 spiro atoms. The van der Waals surface area contributed by atoms with Crippen LogP contribution in [0.15, 0.2) is 36.7 Å². The predicted octanol–water partition coefficient (Wildman–Crippen LogP) is 2.46. The highest BCUT2D eigenvalue weighted by molar-refractivity contribution is 5.90. The highest BCUT2D eigenvalue weighted by Gasteiger charge is 2.32. The number of ether oxygens (including phenoxy) is 1. The molecular weight excluding hydrogens is 336 g/mol. The van der Waals surface area contributed by atoms with Crippen LogP contribution >= 0.6 is 0 Å². The first-order chi connectivity index (χ1) is 12.5. The number of piperidine rings is 1. The molecule has 1 fully saturated rings. The molecule has 1 aromatic heterocycles. The van der Waals surface area contributed by atoms with Crippen molar-refractivity contribution in [2.24, 2.45) is 11.8 Å². The van der Waals surface area contributed by atoms with Crippen LogP contribution in [0.1, 0.15) is 13.3 Å². The summed E-state index contributed by atoms with van der Waals surface area (Å²) in [4.78, 5) is 25.5. The number of aliphatic carboxylic acids is 1. The van der Waals surface area contributed by atoms with Crippen molar-refractivity contribution in [3.63, 3.8) is 0 Å². The zero-order chi connectivity index (χ0) is 18.7. The normalized spacial score (nSPS) is 19.8. The zero-order valence-electron chi connectivity index (χ0n) is 14.8.